The number of ether oxygens (including phenoxy) is 2. The van der Waals surface area contributed by atoms with Crippen LogP contribution in [0.3, 0.4) is 0 Å². The molecule has 0 fully saturated rings. The molecule has 0 spiro atoms. The summed E-state index contributed by atoms with van der Waals surface area (Å²) in [6.45, 7) is 4.11. The van der Waals surface area contributed by atoms with Gasteiger partial charge in [0.25, 0.3) is 0 Å². The quantitative estimate of drug-likeness (QED) is 0.246. The Labute approximate surface area is 152 Å². The molecular weight excluding hydrogens is 330 g/mol. The van der Waals surface area contributed by atoms with Gasteiger partial charge in [-0.25, -0.2) is 4.79 Å². The zero-order chi connectivity index (χ0) is 18.9. The van der Waals surface area contributed by atoms with Crippen molar-refractivity contribution in [3.05, 3.63) is 65.2 Å². The number of rotatable bonds is 7. The van der Waals surface area contributed by atoms with Crippen molar-refractivity contribution in [2.24, 2.45) is 0 Å². The van der Waals surface area contributed by atoms with Crippen molar-refractivity contribution < 1.29 is 19.1 Å². The third-order valence-corrected chi connectivity index (χ3v) is 3.48. The molecule has 5 nitrogen and oxygen atoms in total. The lowest BCUT2D eigenvalue weighted by atomic mass is 10.1. The Hall–Kier alpha value is -3.39. The predicted molar refractivity (Wildman–Crippen MR) is 97.9 cm³/mol. The van der Waals surface area contributed by atoms with Gasteiger partial charge in [-0.3, -0.25) is 4.79 Å². The van der Waals surface area contributed by atoms with E-state index in [2.05, 4.69) is 0 Å². The predicted octanol–water partition coefficient (Wildman–Crippen LogP) is 4.19. The summed E-state index contributed by atoms with van der Waals surface area (Å²) in [5.74, 6) is 0.168. The number of nitrogens with zero attached hydrogens (tertiary/aromatic N) is 1. The van der Waals surface area contributed by atoms with Crippen molar-refractivity contribution in [1.82, 2.24) is 0 Å². The first-order valence-corrected chi connectivity index (χ1v) is 8.21. The molecule has 2 aromatic rings. The molecule has 0 unspecified atom stereocenters. The van der Waals surface area contributed by atoms with E-state index >= 15 is 0 Å². The van der Waals surface area contributed by atoms with Crippen molar-refractivity contribution >= 4 is 17.8 Å². The molecule has 0 aliphatic carbocycles. The molecule has 0 N–H and O–H groups in total. The fourth-order valence-electron chi connectivity index (χ4n) is 2.10. The fraction of sp³-hybridized carbons (Fsp3) is 0.190. The van der Waals surface area contributed by atoms with Gasteiger partial charge in [0.1, 0.15) is 23.1 Å². The van der Waals surface area contributed by atoms with Gasteiger partial charge >= 0.3 is 5.97 Å². The summed E-state index contributed by atoms with van der Waals surface area (Å²) in [7, 11) is 0. The van der Waals surface area contributed by atoms with Crippen LogP contribution in [0.5, 0.6) is 11.5 Å². The Morgan fingerprint density at radius 3 is 2.19 bits per heavy atom. The van der Waals surface area contributed by atoms with Crippen LogP contribution in [0.25, 0.3) is 6.08 Å². The van der Waals surface area contributed by atoms with Gasteiger partial charge in [0.2, 0.25) is 0 Å². The molecule has 0 saturated carbocycles. The topological polar surface area (TPSA) is 76.4 Å². The Kier molecular flexibility index (Phi) is 6.69. The summed E-state index contributed by atoms with van der Waals surface area (Å²) >= 11 is 0. The number of carbonyl (C=O) groups excluding carboxylic acids is 2. The van der Waals surface area contributed by atoms with E-state index in [0.29, 0.717) is 17.7 Å². The number of hydrogen-bond acceptors (Lipinski definition) is 5. The van der Waals surface area contributed by atoms with Crippen molar-refractivity contribution in [3.8, 4) is 17.6 Å². The van der Waals surface area contributed by atoms with Gasteiger partial charge in [-0.05, 0) is 61.4 Å². The average molecular weight is 349 g/mol. The summed E-state index contributed by atoms with van der Waals surface area (Å²) in [5.41, 5.74) is 1.09. The summed E-state index contributed by atoms with van der Waals surface area (Å²) in [4.78, 5) is 23.4. The highest BCUT2D eigenvalue weighted by atomic mass is 16.5. The molecule has 0 radical (unpaired) electrons. The molecule has 26 heavy (non-hydrogen) atoms. The standard InChI is InChI=1S/C21H19NO4/c1-3-12-25-19-8-4-16(5-9-19)13-18(14-22)21(24)26-20-10-6-17(7-11-20)15(2)23/h4-11,13H,3,12H2,1-2H3/b18-13+. The molecule has 0 aliphatic rings. The summed E-state index contributed by atoms with van der Waals surface area (Å²) < 4.78 is 10.7. The molecule has 0 saturated heterocycles. The van der Waals surface area contributed by atoms with Gasteiger partial charge < -0.3 is 9.47 Å². The number of carbonyl (C=O) groups is 2. The van der Waals surface area contributed by atoms with E-state index in [1.54, 1.807) is 36.4 Å². The second-order valence-corrected chi connectivity index (χ2v) is 5.56. The highest BCUT2D eigenvalue weighted by molar-refractivity contribution is 5.99. The van der Waals surface area contributed by atoms with Gasteiger partial charge in [0, 0.05) is 5.56 Å². The van der Waals surface area contributed by atoms with Crippen LogP contribution in [-0.4, -0.2) is 18.4 Å². The van der Waals surface area contributed by atoms with Crippen LogP contribution in [0.15, 0.2) is 54.1 Å². The van der Waals surface area contributed by atoms with Crippen LogP contribution in [0.2, 0.25) is 0 Å². The SMILES string of the molecule is CCCOc1ccc(/C=C(\C#N)C(=O)Oc2ccc(C(C)=O)cc2)cc1. The van der Waals surface area contributed by atoms with E-state index < -0.39 is 5.97 Å². The Morgan fingerprint density at radius 2 is 1.65 bits per heavy atom. The first kappa shape index (κ1) is 18.9. The molecule has 5 heteroatoms. The number of benzene rings is 2. The van der Waals surface area contributed by atoms with E-state index in [1.165, 1.54) is 25.1 Å². The van der Waals surface area contributed by atoms with E-state index in [-0.39, 0.29) is 17.1 Å². The highest BCUT2D eigenvalue weighted by Crippen LogP contribution is 2.17. The molecule has 132 valence electrons. The molecule has 0 amide bonds. The van der Waals surface area contributed by atoms with Crippen LogP contribution in [0, 0.1) is 11.3 Å². The van der Waals surface area contributed by atoms with Crippen molar-refractivity contribution in [2.45, 2.75) is 20.3 Å². The van der Waals surface area contributed by atoms with Crippen LogP contribution in [0.1, 0.15) is 36.2 Å². The molecule has 0 heterocycles. The second-order valence-electron chi connectivity index (χ2n) is 5.56. The Balaban J connectivity index is 2.08. The molecule has 2 aromatic carbocycles. The Bertz CT molecular complexity index is 843. The number of esters is 1. The minimum absolute atomic E-state index is 0.0770. The average Bonchev–Trinajstić information content (AvgIpc) is 2.65. The zero-order valence-electron chi connectivity index (χ0n) is 14.7. The van der Waals surface area contributed by atoms with Gasteiger partial charge in [0.15, 0.2) is 5.78 Å². The van der Waals surface area contributed by atoms with Crippen molar-refractivity contribution in [3.63, 3.8) is 0 Å². The maximum absolute atomic E-state index is 12.2. The van der Waals surface area contributed by atoms with Gasteiger partial charge in [-0.2, -0.15) is 5.26 Å². The fourth-order valence-corrected chi connectivity index (χ4v) is 2.10. The third-order valence-electron chi connectivity index (χ3n) is 3.48. The van der Waals surface area contributed by atoms with Crippen LogP contribution >= 0.6 is 0 Å². The number of hydrogen-bond donors (Lipinski definition) is 0. The van der Waals surface area contributed by atoms with E-state index in [4.69, 9.17) is 9.47 Å². The minimum atomic E-state index is -0.755. The molecule has 0 aromatic heterocycles. The maximum atomic E-state index is 12.2. The van der Waals surface area contributed by atoms with E-state index in [0.717, 1.165) is 12.2 Å². The first-order chi connectivity index (χ1) is 12.5. The molecular formula is C21H19NO4. The zero-order valence-corrected chi connectivity index (χ0v) is 14.7. The number of ketones is 1. The minimum Gasteiger partial charge on any atom is -0.494 e. The summed E-state index contributed by atoms with van der Waals surface area (Å²) in [6, 6.07) is 15.1. The lowest BCUT2D eigenvalue weighted by Gasteiger charge is -2.05. The third kappa shape index (κ3) is 5.32. The number of Topliss-reactive ketones (excluding diaryl/α,β-unsaturated/α-hetero) is 1. The number of nitriles is 1. The molecule has 0 atom stereocenters. The van der Waals surface area contributed by atoms with Crippen LogP contribution in [0.4, 0.5) is 0 Å². The second kappa shape index (κ2) is 9.19. The van der Waals surface area contributed by atoms with Crippen molar-refractivity contribution in [1.29, 1.82) is 5.26 Å². The van der Waals surface area contributed by atoms with E-state index in [1.807, 2.05) is 13.0 Å². The monoisotopic (exact) mass is 349 g/mol. The lowest BCUT2D eigenvalue weighted by Crippen LogP contribution is -2.10. The van der Waals surface area contributed by atoms with Gasteiger partial charge in [-0.15, -0.1) is 0 Å². The van der Waals surface area contributed by atoms with Gasteiger partial charge in [0.05, 0.1) is 6.61 Å². The Morgan fingerprint density at radius 1 is 1.04 bits per heavy atom. The summed E-state index contributed by atoms with van der Waals surface area (Å²) in [5, 5.41) is 9.23. The molecule has 0 aliphatic heterocycles. The molecule has 2 rings (SSSR count). The van der Waals surface area contributed by atoms with Crippen LogP contribution < -0.4 is 9.47 Å². The maximum Gasteiger partial charge on any atom is 0.354 e. The largest absolute Gasteiger partial charge is 0.494 e. The van der Waals surface area contributed by atoms with E-state index in [9.17, 15) is 14.9 Å². The highest BCUT2D eigenvalue weighted by Gasteiger charge is 2.12. The van der Waals surface area contributed by atoms with Crippen LogP contribution in [-0.2, 0) is 4.79 Å². The molecule has 0 bridgehead atoms. The summed E-state index contributed by atoms with van der Waals surface area (Å²) in [6.07, 6.45) is 2.37. The smallest absolute Gasteiger partial charge is 0.354 e. The lowest BCUT2D eigenvalue weighted by molar-refractivity contribution is -0.129. The first-order valence-electron chi connectivity index (χ1n) is 8.21. The van der Waals surface area contributed by atoms with Gasteiger partial charge in [-0.1, -0.05) is 19.1 Å². The normalized spacial score (nSPS) is 10.7. The van der Waals surface area contributed by atoms with Crippen molar-refractivity contribution in [2.75, 3.05) is 6.61 Å².